The van der Waals surface area contributed by atoms with E-state index < -0.39 is 5.91 Å². The molecule has 0 bridgehead atoms. The number of hydrogen-bond acceptors (Lipinski definition) is 5. The summed E-state index contributed by atoms with van der Waals surface area (Å²) in [5.41, 5.74) is 4.21. The fourth-order valence-corrected chi connectivity index (χ4v) is 1.50. The number of hydrazine groups is 1. The summed E-state index contributed by atoms with van der Waals surface area (Å²) in [6, 6.07) is 8.82. The van der Waals surface area contributed by atoms with Crippen LogP contribution in [0.25, 0.3) is 0 Å². The van der Waals surface area contributed by atoms with Crippen LogP contribution in [-0.2, 0) is 0 Å². The molecule has 6 nitrogen and oxygen atoms in total. The van der Waals surface area contributed by atoms with Crippen molar-refractivity contribution < 1.29 is 4.79 Å². The molecule has 0 radical (unpaired) electrons. The van der Waals surface area contributed by atoms with E-state index in [9.17, 15) is 4.79 Å². The third-order valence-electron chi connectivity index (χ3n) is 2.37. The molecule has 1 aromatic carbocycles. The summed E-state index contributed by atoms with van der Waals surface area (Å²) in [6.45, 7) is 1.60. The van der Waals surface area contributed by atoms with Gasteiger partial charge in [-0.25, -0.2) is 0 Å². The zero-order valence-electron chi connectivity index (χ0n) is 9.97. The van der Waals surface area contributed by atoms with Gasteiger partial charge in [-0.3, -0.25) is 10.6 Å². The van der Waals surface area contributed by atoms with Gasteiger partial charge in [0.05, 0.1) is 23.4 Å². The van der Waals surface area contributed by atoms with Crippen LogP contribution in [0.2, 0.25) is 0 Å². The molecule has 18 heavy (non-hydrogen) atoms. The molecule has 0 atom stereocenters. The van der Waals surface area contributed by atoms with Crippen molar-refractivity contribution in [3.05, 3.63) is 29.3 Å². The third-order valence-corrected chi connectivity index (χ3v) is 2.37. The molecule has 0 aliphatic rings. The minimum atomic E-state index is -0.397. The Labute approximate surface area is 105 Å². The molecule has 0 aliphatic heterocycles. The van der Waals surface area contributed by atoms with Crippen molar-refractivity contribution >= 4 is 11.6 Å². The van der Waals surface area contributed by atoms with Crippen molar-refractivity contribution in [3.63, 3.8) is 0 Å². The molecule has 1 aromatic rings. The van der Waals surface area contributed by atoms with Crippen molar-refractivity contribution in [2.75, 3.05) is 18.5 Å². The number of nitrogen functional groups attached to an aromatic ring is 1. The predicted molar refractivity (Wildman–Crippen MR) is 66.1 cm³/mol. The van der Waals surface area contributed by atoms with Gasteiger partial charge in [0.1, 0.15) is 13.1 Å². The van der Waals surface area contributed by atoms with Gasteiger partial charge in [-0.1, -0.05) is 6.07 Å². The lowest BCUT2D eigenvalue weighted by Gasteiger charge is -2.18. The summed E-state index contributed by atoms with van der Waals surface area (Å²) < 4.78 is 0. The summed E-state index contributed by atoms with van der Waals surface area (Å²) >= 11 is 0. The Bertz CT molecular complexity index is 510. The smallest absolute Gasteiger partial charge is 0.257 e. The van der Waals surface area contributed by atoms with Crippen molar-refractivity contribution in [3.8, 4) is 12.1 Å². The van der Waals surface area contributed by atoms with Crippen LogP contribution >= 0.6 is 0 Å². The Morgan fingerprint density at radius 3 is 2.50 bits per heavy atom. The molecule has 0 saturated carbocycles. The molecule has 0 heterocycles. The van der Waals surface area contributed by atoms with Gasteiger partial charge < -0.3 is 10.3 Å². The van der Waals surface area contributed by atoms with E-state index in [1.807, 2.05) is 19.1 Å². The molecule has 3 N–H and O–H groups in total. The van der Waals surface area contributed by atoms with Crippen molar-refractivity contribution in [1.29, 1.82) is 10.5 Å². The van der Waals surface area contributed by atoms with Gasteiger partial charge in [0, 0.05) is 0 Å². The van der Waals surface area contributed by atoms with Crippen LogP contribution in [0.15, 0.2) is 18.2 Å². The molecule has 6 heteroatoms. The average Bonchev–Trinajstić information content (AvgIpc) is 2.37. The lowest BCUT2D eigenvalue weighted by molar-refractivity contribution is 0.0795. The molecule has 0 aliphatic carbocycles. The van der Waals surface area contributed by atoms with E-state index in [4.69, 9.17) is 16.4 Å². The number of nitrogens with one attached hydrogen (secondary N) is 1. The number of anilines is 1. The molecule has 1 amide bonds. The fourth-order valence-electron chi connectivity index (χ4n) is 1.50. The number of hydrogen-bond donors (Lipinski definition) is 2. The highest BCUT2D eigenvalue weighted by molar-refractivity contribution is 5.99. The lowest BCUT2D eigenvalue weighted by atomic mass is 10.1. The maximum Gasteiger partial charge on any atom is 0.257 e. The number of nitrogens with zero attached hydrogens (tertiary/aromatic N) is 3. The third kappa shape index (κ3) is 2.97. The Kier molecular flexibility index (Phi) is 4.67. The second-order valence-electron chi connectivity index (χ2n) is 3.67. The monoisotopic (exact) mass is 243 g/mol. The Morgan fingerprint density at radius 1 is 1.39 bits per heavy atom. The zero-order valence-corrected chi connectivity index (χ0v) is 9.97. The van der Waals surface area contributed by atoms with Crippen LogP contribution in [0.1, 0.15) is 15.9 Å². The van der Waals surface area contributed by atoms with Crippen LogP contribution in [0.3, 0.4) is 0 Å². The Hall–Kier alpha value is -2.57. The molecule has 1 rings (SSSR count). The quantitative estimate of drug-likeness (QED) is 0.461. The van der Waals surface area contributed by atoms with E-state index >= 15 is 0 Å². The molecule has 0 unspecified atom stereocenters. The highest BCUT2D eigenvalue weighted by Gasteiger charge is 2.18. The standard InChI is InChI=1S/C12H13N5O/c1-9-2-3-10(11(8-9)16-15)12(18)17(6-4-13)7-5-14/h2-3,8,16H,6-7,15H2,1H3. The maximum atomic E-state index is 12.1. The van der Waals surface area contributed by atoms with Crippen molar-refractivity contribution in [1.82, 2.24) is 4.90 Å². The van der Waals surface area contributed by atoms with Crippen LogP contribution in [0.5, 0.6) is 0 Å². The summed E-state index contributed by atoms with van der Waals surface area (Å²) in [5, 5.41) is 17.3. The summed E-state index contributed by atoms with van der Waals surface area (Å²) in [4.78, 5) is 13.3. The number of amides is 1. The second-order valence-corrected chi connectivity index (χ2v) is 3.67. The topological polar surface area (TPSA) is 106 Å². The number of carbonyl (C=O) groups is 1. The van der Waals surface area contributed by atoms with Gasteiger partial charge in [-0.2, -0.15) is 10.5 Å². The summed E-state index contributed by atoms with van der Waals surface area (Å²) in [6.07, 6.45) is 0. The van der Waals surface area contributed by atoms with E-state index in [0.29, 0.717) is 11.3 Å². The molecular formula is C12H13N5O. The van der Waals surface area contributed by atoms with Gasteiger partial charge in [0.2, 0.25) is 0 Å². The zero-order chi connectivity index (χ0) is 13.5. The van der Waals surface area contributed by atoms with Gasteiger partial charge in [-0.05, 0) is 24.6 Å². The van der Waals surface area contributed by atoms with E-state index in [0.717, 1.165) is 10.5 Å². The van der Waals surface area contributed by atoms with E-state index in [1.165, 1.54) is 0 Å². The lowest BCUT2D eigenvalue weighted by Crippen LogP contribution is -2.32. The molecule has 0 fully saturated rings. The first-order chi connectivity index (χ1) is 8.63. The van der Waals surface area contributed by atoms with E-state index in [1.54, 1.807) is 18.2 Å². The van der Waals surface area contributed by atoms with Gasteiger partial charge >= 0.3 is 0 Å². The number of aryl methyl sites for hydroxylation is 1. The maximum absolute atomic E-state index is 12.1. The van der Waals surface area contributed by atoms with Crippen molar-refractivity contribution in [2.24, 2.45) is 5.84 Å². The number of carbonyl (C=O) groups excluding carboxylic acids is 1. The first-order valence-electron chi connectivity index (χ1n) is 5.24. The van der Waals surface area contributed by atoms with Crippen LogP contribution in [0, 0.1) is 29.6 Å². The first kappa shape index (κ1) is 13.5. The van der Waals surface area contributed by atoms with Crippen LogP contribution in [-0.4, -0.2) is 23.9 Å². The molecule has 0 aromatic heterocycles. The highest BCUT2D eigenvalue weighted by Crippen LogP contribution is 2.18. The number of nitrogens with two attached hydrogens (primary N) is 1. The summed E-state index contributed by atoms with van der Waals surface area (Å²) in [7, 11) is 0. The molecule has 0 saturated heterocycles. The number of rotatable bonds is 4. The Balaban J connectivity index is 3.09. The number of benzene rings is 1. The second kappa shape index (κ2) is 6.24. The first-order valence-corrected chi connectivity index (χ1v) is 5.24. The summed E-state index contributed by atoms with van der Waals surface area (Å²) in [5.74, 6) is 4.96. The molecule has 0 spiro atoms. The van der Waals surface area contributed by atoms with Crippen LogP contribution in [0.4, 0.5) is 5.69 Å². The van der Waals surface area contributed by atoms with E-state index in [2.05, 4.69) is 5.43 Å². The normalized spacial score (nSPS) is 9.11. The minimum Gasteiger partial charge on any atom is -0.323 e. The minimum absolute atomic E-state index is 0.135. The molecular weight excluding hydrogens is 230 g/mol. The highest BCUT2D eigenvalue weighted by atomic mass is 16.2. The SMILES string of the molecule is Cc1ccc(C(=O)N(CC#N)CC#N)c(NN)c1. The van der Waals surface area contributed by atoms with Gasteiger partial charge in [0.25, 0.3) is 5.91 Å². The largest absolute Gasteiger partial charge is 0.323 e. The molecule has 92 valence electrons. The van der Waals surface area contributed by atoms with Crippen molar-refractivity contribution in [2.45, 2.75) is 6.92 Å². The number of nitriles is 2. The van der Waals surface area contributed by atoms with E-state index in [-0.39, 0.29) is 13.1 Å². The fraction of sp³-hybridized carbons (Fsp3) is 0.250. The average molecular weight is 243 g/mol. The van der Waals surface area contributed by atoms with Crippen LogP contribution < -0.4 is 11.3 Å². The van der Waals surface area contributed by atoms with Gasteiger partial charge in [0.15, 0.2) is 0 Å². The Morgan fingerprint density at radius 2 is 2.00 bits per heavy atom. The van der Waals surface area contributed by atoms with Gasteiger partial charge in [-0.15, -0.1) is 0 Å². The predicted octanol–water partition coefficient (Wildman–Crippen LogP) is 0.770.